The lowest BCUT2D eigenvalue weighted by Gasteiger charge is -2.28. The van der Waals surface area contributed by atoms with Crippen LogP contribution in [0, 0.1) is 11.8 Å². The van der Waals surface area contributed by atoms with Crippen molar-refractivity contribution in [3.63, 3.8) is 0 Å². The summed E-state index contributed by atoms with van der Waals surface area (Å²) in [7, 11) is 0. The molecular formula is C22H22N2O6. The smallest absolute Gasteiger partial charge is 0.335 e. The molecule has 2 amide bonds. The summed E-state index contributed by atoms with van der Waals surface area (Å²) in [6, 6.07) is 16.5. The molecule has 2 aromatic rings. The normalized spacial score (nSPS) is 18.0. The molecule has 1 fully saturated rings. The topological polar surface area (TPSA) is 111 Å². The lowest BCUT2D eigenvalue weighted by molar-refractivity contribution is -0.146. The zero-order valence-corrected chi connectivity index (χ0v) is 16.2. The molecule has 2 atom stereocenters. The van der Waals surface area contributed by atoms with Crippen molar-refractivity contribution in [3.05, 3.63) is 71.8 Å². The number of hydrogen-bond acceptors (Lipinski definition) is 6. The molecule has 1 aliphatic carbocycles. The lowest BCUT2D eigenvalue weighted by atomic mass is 9.78. The molecule has 8 heteroatoms. The Labute approximate surface area is 173 Å². The summed E-state index contributed by atoms with van der Waals surface area (Å²) >= 11 is 0. The minimum Gasteiger partial charge on any atom is -0.335 e. The van der Waals surface area contributed by atoms with Crippen molar-refractivity contribution in [1.82, 2.24) is 11.0 Å². The van der Waals surface area contributed by atoms with Gasteiger partial charge in [0, 0.05) is 0 Å². The highest BCUT2D eigenvalue weighted by Crippen LogP contribution is 2.30. The van der Waals surface area contributed by atoms with Gasteiger partial charge < -0.3 is 9.68 Å². The van der Waals surface area contributed by atoms with Gasteiger partial charge in [0.15, 0.2) is 0 Å². The van der Waals surface area contributed by atoms with Crippen LogP contribution in [0.15, 0.2) is 60.7 Å². The predicted octanol–water partition coefficient (Wildman–Crippen LogP) is 2.57. The van der Waals surface area contributed by atoms with Gasteiger partial charge in [-0.15, -0.1) is 0 Å². The molecule has 0 radical (unpaired) electrons. The van der Waals surface area contributed by atoms with Crippen LogP contribution < -0.4 is 11.0 Å². The first-order chi connectivity index (χ1) is 14.6. The molecule has 2 N–H and O–H groups in total. The van der Waals surface area contributed by atoms with Gasteiger partial charge in [-0.3, -0.25) is 9.59 Å². The van der Waals surface area contributed by atoms with E-state index in [1.807, 2.05) is 0 Å². The van der Waals surface area contributed by atoms with E-state index >= 15 is 0 Å². The Morgan fingerprint density at radius 2 is 1.00 bits per heavy atom. The largest absolute Gasteiger partial charge is 0.362 e. The van der Waals surface area contributed by atoms with Gasteiger partial charge >= 0.3 is 11.9 Å². The van der Waals surface area contributed by atoms with Crippen LogP contribution in [0.2, 0.25) is 0 Å². The maximum atomic E-state index is 12.5. The van der Waals surface area contributed by atoms with E-state index in [2.05, 4.69) is 11.0 Å². The number of benzene rings is 2. The van der Waals surface area contributed by atoms with Crippen LogP contribution in [0.3, 0.4) is 0 Å². The number of hydrogen-bond donors (Lipinski definition) is 2. The van der Waals surface area contributed by atoms with Crippen molar-refractivity contribution in [2.75, 3.05) is 0 Å². The second kappa shape index (κ2) is 10.2. The van der Waals surface area contributed by atoms with Crippen LogP contribution in [0.4, 0.5) is 0 Å². The quantitative estimate of drug-likeness (QED) is 0.750. The van der Waals surface area contributed by atoms with E-state index in [-0.39, 0.29) is 0 Å². The highest BCUT2D eigenvalue weighted by atomic mass is 16.7. The second-order valence-electron chi connectivity index (χ2n) is 6.94. The maximum Gasteiger partial charge on any atom is 0.362 e. The predicted molar refractivity (Wildman–Crippen MR) is 105 cm³/mol. The SMILES string of the molecule is O=C(ONC(=O)[C@H]1CCCC[C@@H]1C(=O)NOC(=O)c1ccccc1)c1ccccc1. The third kappa shape index (κ3) is 5.44. The van der Waals surface area contributed by atoms with Crippen molar-refractivity contribution in [1.29, 1.82) is 0 Å². The zero-order chi connectivity index (χ0) is 21.3. The molecular weight excluding hydrogens is 388 g/mol. The molecule has 0 bridgehead atoms. The van der Waals surface area contributed by atoms with Crippen LogP contribution in [0.5, 0.6) is 0 Å². The van der Waals surface area contributed by atoms with Crippen molar-refractivity contribution in [2.24, 2.45) is 11.8 Å². The standard InChI is InChI=1S/C22H22N2O6/c25-19(23-29-21(27)15-9-3-1-4-10-15)17-13-7-8-14-18(17)20(26)24-30-22(28)16-11-5-2-6-12-16/h1-6,9-12,17-18H,7-8,13-14H2,(H,23,25)(H,24,26)/t17-,18-/m0/s1. The van der Waals surface area contributed by atoms with Crippen LogP contribution >= 0.6 is 0 Å². The highest BCUT2D eigenvalue weighted by Gasteiger charge is 2.37. The second-order valence-corrected chi connectivity index (χ2v) is 6.94. The van der Waals surface area contributed by atoms with E-state index in [9.17, 15) is 19.2 Å². The maximum absolute atomic E-state index is 12.5. The lowest BCUT2D eigenvalue weighted by Crippen LogP contribution is -2.44. The molecule has 0 saturated heterocycles. The summed E-state index contributed by atoms with van der Waals surface area (Å²) in [5.74, 6) is -3.91. The average Bonchev–Trinajstić information content (AvgIpc) is 2.81. The van der Waals surface area contributed by atoms with Crippen molar-refractivity contribution >= 4 is 23.8 Å². The molecule has 0 aromatic heterocycles. The Balaban J connectivity index is 1.54. The van der Waals surface area contributed by atoms with E-state index < -0.39 is 35.6 Å². The van der Waals surface area contributed by atoms with Crippen LogP contribution in [-0.4, -0.2) is 23.8 Å². The number of nitrogens with one attached hydrogen (secondary N) is 2. The number of carbonyl (C=O) groups is 4. The van der Waals surface area contributed by atoms with Gasteiger partial charge in [-0.1, -0.05) is 49.2 Å². The molecule has 0 heterocycles. The minimum atomic E-state index is -0.697. The Kier molecular flexibility index (Phi) is 7.15. The molecule has 0 aliphatic heterocycles. The van der Waals surface area contributed by atoms with E-state index in [0.717, 1.165) is 12.8 Å². The van der Waals surface area contributed by atoms with Crippen LogP contribution in [0.25, 0.3) is 0 Å². The summed E-state index contributed by atoms with van der Waals surface area (Å²) in [5, 5.41) is 0. The van der Waals surface area contributed by atoms with Gasteiger partial charge in [-0.05, 0) is 37.1 Å². The highest BCUT2D eigenvalue weighted by molar-refractivity contribution is 5.93. The molecule has 0 unspecified atom stereocenters. The van der Waals surface area contributed by atoms with Crippen LogP contribution in [-0.2, 0) is 19.3 Å². The number of amides is 2. The average molecular weight is 410 g/mol. The summed E-state index contributed by atoms with van der Waals surface area (Å²) < 4.78 is 0. The molecule has 1 aliphatic rings. The fraction of sp³-hybridized carbons (Fsp3) is 0.273. The summed E-state index contributed by atoms with van der Waals surface area (Å²) in [5.41, 5.74) is 4.89. The Hall–Kier alpha value is -3.68. The molecule has 0 spiro atoms. The monoisotopic (exact) mass is 410 g/mol. The third-order valence-corrected chi connectivity index (χ3v) is 4.95. The van der Waals surface area contributed by atoms with Gasteiger partial charge in [0.2, 0.25) is 0 Å². The first-order valence-corrected chi connectivity index (χ1v) is 9.68. The molecule has 156 valence electrons. The minimum absolute atomic E-state index is 0.295. The molecule has 8 nitrogen and oxygen atoms in total. The number of carbonyl (C=O) groups excluding carboxylic acids is 4. The van der Waals surface area contributed by atoms with Gasteiger partial charge in [-0.2, -0.15) is 11.0 Å². The van der Waals surface area contributed by atoms with E-state index in [4.69, 9.17) is 9.68 Å². The van der Waals surface area contributed by atoms with E-state index in [1.165, 1.54) is 0 Å². The fourth-order valence-electron chi connectivity index (χ4n) is 3.37. The molecule has 1 saturated carbocycles. The first-order valence-electron chi connectivity index (χ1n) is 9.68. The molecule has 2 aromatic carbocycles. The summed E-state index contributed by atoms with van der Waals surface area (Å²) in [6.07, 6.45) is 2.44. The first kappa shape index (κ1) is 21.0. The van der Waals surface area contributed by atoms with Crippen LogP contribution in [0.1, 0.15) is 46.4 Å². The van der Waals surface area contributed by atoms with E-state index in [1.54, 1.807) is 60.7 Å². The zero-order valence-electron chi connectivity index (χ0n) is 16.2. The van der Waals surface area contributed by atoms with E-state index in [0.29, 0.717) is 24.0 Å². The van der Waals surface area contributed by atoms with Crippen molar-refractivity contribution in [2.45, 2.75) is 25.7 Å². The van der Waals surface area contributed by atoms with Gasteiger partial charge in [0.25, 0.3) is 11.8 Å². The van der Waals surface area contributed by atoms with Gasteiger partial charge in [0.05, 0.1) is 23.0 Å². The van der Waals surface area contributed by atoms with Crippen molar-refractivity contribution in [3.8, 4) is 0 Å². The van der Waals surface area contributed by atoms with Crippen molar-refractivity contribution < 1.29 is 28.9 Å². The number of hydroxylamine groups is 2. The Morgan fingerprint density at radius 1 is 0.633 bits per heavy atom. The molecule has 3 rings (SSSR count). The summed E-state index contributed by atoms with van der Waals surface area (Å²) in [6.45, 7) is 0. The fourth-order valence-corrected chi connectivity index (χ4v) is 3.37. The van der Waals surface area contributed by atoms with Gasteiger partial charge in [-0.25, -0.2) is 9.59 Å². The molecule has 30 heavy (non-hydrogen) atoms. The Morgan fingerprint density at radius 3 is 1.37 bits per heavy atom. The summed E-state index contributed by atoms with van der Waals surface area (Å²) in [4.78, 5) is 58.8. The third-order valence-electron chi connectivity index (χ3n) is 4.95. The van der Waals surface area contributed by atoms with Gasteiger partial charge in [0.1, 0.15) is 0 Å². The number of rotatable bonds is 4. The Bertz CT molecular complexity index is 825.